The van der Waals surface area contributed by atoms with E-state index < -0.39 is 0 Å². The van der Waals surface area contributed by atoms with Crippen molar-refractivity contribution in [2.45, 2.75) is 32.5 Å². The average Bonchev–Trinajstić information content (AvgIpc) is 2.99. The van der Waals surface area contributed by atoms with Crippen LogP contribution in [0.5, 0.6) is 5.75 Å². The molecule has 7 heteroatoms. The number of carbonyl (C=O) groups is 2. The molecule has 0 radical (unpaired) electrons. The molecule has 2 atom stereocenters. The van der Waals surface area contributed by atoms with E-state index in [0.29, 0.717) is 6.54 Å². The van der Waals surface area contributed by atoms with Crippen LogP contribution in [0, 0.1) is 5.92 Å². The van der Waals surface area contributed by atoms with Crippen LogP contribution in [-0.4, -0.2) is 66.0 Å². The summed E-state index contributed by atoms with van der Waals surface area (Å²) >= 11 is 0. The fraction of sp³-hybridized carbons (Fsp3) is 0.524. The molecule has 0 unspecified atom stereocenters. The topological polar surface area (TPSA) is 66.8 Å². The van der Waals surface area contributed by atoms with Crippen molar-refractivity contribution < 1.29 is 14.3 Å². The number of ether oxygens (including phenoxy) is 1. The Morgan fingerprint density at radius 2 is 2.11 bits per heavy atom. The van der Waals surface area contributed by atoms with Crippen LogP contribution in [0.15, 0.2) is 24.4 Å². The molecule has 2 fully saturated rings. The largest absolute Gasteiger partial charge is 0.497 e. The summed E-state index contributed by atoms with van der Waals surface area (Å²) in [4.78, 5) is 28.6. The van der Waals surface area contributed by atoms with Crippen molar-refractivity contribution >= 4 is 22.7 Å². The van der Waals surface area contributed by atoms with Crippen LogP contribution in [0.2, 0.25) is 0 Å². The Hall–Kier alpha value is -2.54. The molecule has 150 valence electrons. The van der Waals surface area contributed by atoms with Gasteiger partial charge >= 0.3 is 0 Å². The Bertz CT molecular complexity index is 906. The highest BCUT2D eigenvalue weighted by Crippen LogP contribution is 2.29. The second-order valence-electron chi connectivity index (χ2n) is 7.82. The van der Waals surface area contributed by atoms with Gasteiger partial charge in [-0.25, -0.2) is 0 Å². The van der Waals surface area contributed by atoms with E-state index in [2.05, 4.69) is 40.0 Å². The van der Waals surface area contributed by atoms with Crippen molar-refractivity contribution in [3.05, 3.63) is 30.0 Å². The number of likely N-dealkylation sites (tertiary alicyclic amines) is 1. The number of methoxy groups -OCH3 is 1. The van der Waals surface area contributed by atoms with Gasteiger partial charge in [-0.3, -0.25) is 14.5 Å². The summed E-state index contributed by atoms with van der Waals surface area (Å²) in [6.45, 7) is 5.50. The van der Waals surface area contributed by atoms with Gasteiger partial charge in [0.15, 0.2) is 0 Å². The second kappa shape index (κ2) is 7.47. The van der Waals surface area contributed by atoms with Gasteiger partial charge in [0.05, 0.1) is 19.6 Å². The quantitative estimate of drug-likeness (QED) is 0.867. The molecule has 0 saturated carbocycles. The summed E-state index contributed by atoms with van der Waals surface area (Å²) in [5.41, 5.74) is 2.44. The number of aryl methyl sites for hydroxylation is 1. The molecule has 3 heterocycles. The minimum absolute atomic E-state index is 0.0571. The number of hydrogen-bond acceptors (Lipinski definition) is 4. The zero-order valence-corrected chi connectivity index (χ0v) is 16.8. The molecule has 0 aliphatic carbocycles. The number of hydrogen-bond donors (Lipinski definition) is 1. The summed E-state index contributed by atoms with van der Waals surface area (Å²) in [6, 6.07) is 6.13. The third-order valence-corrected chi connectivity index (χ3v) is 6.02. The van der Waals surface area contributed by atoms with Crippen LogP contribution >= 0.6 is 0 Å². The Morgan fingerprint density at radius 3 is 2.86 bits per heavy atom. The lowest BCUT2D eigenvalue weighted by atomic mass is 9.91. The maximum atomic E-state index is 12.8. The molecule has 1 N–H and O–H groups in total. The van der Waals surface area contributed by atoms with Gasteiger partial charge in [0.1, 0.15) is 5.75 Å². The van der Waals surface area contributed by atoms with E-state index in [1.165, 1.54) is 16.5 Å². The zero-order valence-electron chi connectivity index (χ0n) is 16.8. The monoisotopic (exact) mass is 384 g/mol. The molecule has 0 spiro atoms. The van der Waals surface area contributed by atoms with Gasteiger partial charge in [0, 0.05) is 56.4 Å². The predicted molar refractivity (Wildman–Crippen MR) is 107 cm³/mol. The van der Waals surface area contributed by atoms with E-state index in [-0.39, 0.29) is 30.3 Å². The summed E-state index contributed by atoms with van der Waals surface area (Å²) in [6.07, 6.45) is 3.00. The molecule has 28 heavy (non-hydrogen) atoms. The molecule has 0 bridgehead atoms. The third-order valence-electron chi connectivity index (χ3n) is 6.02. The van der Waals surface area contributed by atoms with E-state index in [0.717, 1.165) is 31.8 Å². The maximum Gasteiger partial charge on any atom is 0.239 e. The molecule has 7 nitrogen and oxygen atoms in total. The van der Waals surface area contributed by atoms with Crippen LogP contribution in [0.25, 0.3) is 10.9 Å². The minimum Gasteiger partial charge on any atom is -0.497 e. The molecule has 2 aliphatic heterocycles. The van der Waals surface area contributed by atoms with Crippen LogP contribution < -0.4 is 10.1 Å². The molecule has 1 aromatic heterocycles. The number of aromatic nitrogens is 1. The lowest BCUT2D eigenvalue weighted by Gasteiger charge is -2.37. The molecule has 1 aromatic carbocycles. The summed E-state index contributed by atoms with van der Waals surface area (Å²) in [5.74, 6) is 0.671. The lowest BCUT2D eigenvalue weighted by molar-refractivity contribution is -0.136. The van der Waals surface area contributed by atoms with Crippen molar-refractivity contribution in [2.75, 3.05) is 33.8 Å². The molecule has 4 rings (SSSR count). The van der Waals surface area contributed by atoms with Crippen molar-refractivity contribution in [1.29, 1.82) is 0 Å². The van der Waals surface area contributed by atoms with Crippen LogP contribution in [0.3, 0.4) is 0 Å². The SMILES string of the molecule is CCn1cc(CN2CC[C@H]3NC(=O)CN(C)C(=O)[C@H]3C2)c2cc(OC)ccc21. The highest BCUT2D eigenvalue weighted by Gasteiger charge is 2.39. The Balaban J connectivity index is 1.58. The summed E-state index contributed by atoms with van der Waals surface area (Å²) < 4.78 is 7.67. The highest BCUT2D eigenvalue weighted by atomic mass is 16.5. The molecule has 2 amide bonds. The van der Waals surface area contributed by atoms with Crippen molar-refractivity contribution in [1.82, 2.24) is 19.7 Å². The van der Waals surface area contributed by atoms with Crippen LogP contribution in [-0.2, 0) is 22.7 Å². The van der Waals surface area contributed by atoms with Gasteiger partial charge in [0.2, 0.25) is 11.8 Å². The molecule has 2 aromatic rings. The number of amides is 2. The summed E-state index contributed by atoms with van der Waals surface area (Å²) in [5, 5.41) is 4.23. The normalized spacial score (nSPS) is 23.5. The van der Waals surface area contributed by atoms with Gasteiger partial charge in [-0.15, -0.1) is 0 Å². The second-order valence-corrected chi connectivity index (χ2v) is 7.82. The Labute approximate surface area is 165 Å². The van der Waals surface area contributed by atoms with Gasteiger partial charge in [-0.05, 0) is 37.1 Å². The molecule has 2 saturated heterocycles. The number of nitrogens with zero attached hydrogens (tertiary/aromatic N) is 3. The Morgan fingerprint density at radius 1 is 1.29 bits per heavy atom. The number of likely N-dealkylation sites (N-methyl/N-ethyl adjacent to an activating group) is 1. The third kappa shape index (κ3) is 3.35. The summed E-state index contributed by atoms with van der Waals surface area (Å²) in [7, 11) is 3.40. The average molecular weight is 384 g/mol. The van der Waals surface area contributed by atoms with E-state index in [4.69, 9.17) is 4.74 Å². The van der Waals surface area contributed by atoms with Crippen molar-refractivity contribution in [3.8, 4) is 5.75 Å². The number of benzene rings is 1. The molecule has 2 aliphatic rings. The van der Waals surface area contributed by atoms with Gasteiger partial charge < -0.3 is 19.5 Å². The van der Waals surface area contributed by atoms with Gasteiger partial charge in [-0.1, -0.05) is 0 Å². The van der Waals surface area contributed by atoms with E-state index in [1.54, 1.807) is 19.1 Å². The van der Waals surface area contributed by atoms with Crippen LogP contribution in [0.1, 0.15) is 18.9 Å². The predicted octanol–water partition coefficient (Wildman–Crippen LogP) is 1.45. The first-order valence-electron chi connectivity index (χ1n) is 9.92. The number of fused-ring (bicyclic) bond motifs is 2. The van der Waals surface area contributed by atoms with E-state index >= 15 is 0 Å². The van der Waals surface area contributed by atoms with Crippen LogP contribution in [0.4, 0.5) is 0 Å². The fourth-order valence-electron chi connectivity index (χ4n) is 4.52. The first-order chi connectivity index (χ1) is 13.5. The molecular weight excluding hydrogens is 356 g/mol. The van der Waals surface area contributed by atoms with Crippen molar-refractivity contribution in [2.24, 2.45) is 5.92 Å². The first kappa shape index (κ1) is 18.8. The smallest absolute Gasteiger partial charge is 0.239 e. The fourth-order valence-corrected chi connectivity index (χ4v) is 4.52. The molecular formula is C21H28N4O3. The zero-order chi connectivity index (χ0) is 19.8. The number of carbonyl (C=O) groups excluding carboxylic acids is 2. The number of rotatable bonds is 4. The standard InChI is InChI=1S/C21H28N4O3/c1-4-25-11-14(16-9-15(28-3)5-6-19(16)25)10-24-8-7-18-17(12-24)21(27)23(2)13-20(26)22-18/h5-6,9,11,17-18H,4,7-8,10,12-13H2,1-3H3,(H,22,26)/t17-,18+/m0/s1. The minimum atomic E-state index is -0.181. The van der Waals surface area contributed by atoms with Gasteiger partial charge in [0.25, 0.3) is 0 Å². The Kier molecular flexibility index (Phi) is 5.02. The first-order valence-corrected chi connectivity index (χ1v) is 9.92. The maximum absolute atomic E-state index is 12.8. The van der Waals surface area contributed by atoms with E-state index in [1.807, 2.05) is 6.07 Å². The number of piperidine rings is 1. The lowest BCUT2D eigenvalue weighted by Crippen LogP contribution is -2.52. The van der Waals surface area contributed by atoms with Gasteiger partial charge in [-0.2, -0.15) is 0 Å². The number of nitrogens with one attached hydrogen (secondary N) is 1. The van der Waals surface area contributed by atoms with E-state index in [9.17, 15) is 9.59 Å². The highest BCUT2D eigenvalue weighted by molar-refractivity contribution is 5.89. The van der Waals surface area contributed by atoms with Crippen molar-refractivity contribution in [3.63, 3.8) is 0 Å².